The summed E-state index contributed by atoms with van der Waals surface area (Å²) in [6.07, 6.45) is 0. The molecule has 120 valence electrons. The maximum Gasteiger partial charge on any atom is 0.254 e. The molecule has 0 radical (unpaired) electrons. The van der Waals surface area contributed by atoms with Gasteiger partial charge in [0.05, 0.1) is 5.56 Å². The Hall–Kier alpha value is -2.40. The van der Waals surface area contributed by atoms with Crippen molar-refractivity contribution in [1.29, 1.82) is 0 Å². The van der Waals surface area contributed by atoms with E-state index in [2.05, 4.69) is 10.6 Å². The smallest absolute Gasteiger partial charge is 0.254 e. The van der Waals surface area contributed by atoms with Crippen LogP contribution in [0.5, 0.6) is 0 Å². The molecule has 0 saturated heterocycles. The molecule has 0 aromatic heterocycles. The first-order valence-electron chi connectivity index (χ1n) is 7.11. The van der Waals surface area contributed by atoms with Crippen LogP contribution in [0.3, 0.4) is 0 Å². The van der Waals surface area contributed by atoms with Crippen LogP contribution in [0.1, 0.15) is 33.2 Å². The quantitative estimate of drug-likeness (QED) is 0.882. The standard InChI is InChI=1S/C17H16ClFN2O2/c1-2-20-16(22)12-5-3-4-11(8-12)10-21-17(23)14-7-6-13(18)9-15(14)19/h3-9H,2,10H2,1H3,(H,20,22)(H,21,23). The highest BCUT2D eigenvalue weighted by Gasteiger charge is 2.12. The van der Waals surface area contributed by atoms with Crippen molar-refractivity contribution in [2.24, 2.45) is 0 Å². The SMILES string of the molecule is CCNC(=O)c1cccc(CNC(=O)c2ccc(Cl)cc2F)c1. The maximum absolute atomic E-state index is 13.7. The van der Waals surface area contributed by atoms with Crippen molar-refractivity contribution in [2.45, 2.75) is 13.5 Å². The highest BCUT2D eigenvalue weighted by molar-refractivity contribution is 6.30. The Balaban J connectivity index is 2.04. The van der Waals surface area contributed by atoms with Crippen LogP contribution in [0.15, 0.2) is 42.5 Å². The van der Waals surface area contributed by atoms with Gasteiger partial charge in [0.15, 0.2) is 0 Å². The molecule has 0 aliphatic heterocycles. The number of benzene rings is 2. The molecular formula is C17H16ClFN2O2. The Bertz CT molecular complexity index is 734. The maximum atomic E-state index is 13.7. The van der Waals surface area contributed by atoms with Crippen LogP contribution in [0, 0.1) is 5.82 Å². The van der Waals surface area contributed by atoms with Crippen LogP contribution in [0.4, 0.5) is 4.39 Å². The van der Waals surface area contributed by atoms with Gasteiger partial charge in [-0.25, -0.2) is 4.39 Å². The Kier molecular flexibility index (Phi) is 5.71. The zero-order valence-corrected chi connectivity index (χ0v) is 13.3. The van der Waals surface area contributed by atoms with E-state index < -0.39 is 11.7 Å². The molecule has 0 fully saturated rings. The Morgan fingerprint density at radius 1 is 1.09 bits per heavy atom. The minimum absolute atomic E-state index is 0.0747. The number of rotatable bonds is 5. The fraction of sp³-hybridized carbons (Fsp3) is 0.176. The number of halogens is 2. The summed E-state index contributed by atoms with van der Waals surface area (Å²) in [7, 11) is 0. The van der Waals surface area contributed by atoms with Gasteiger partial charge in [0, 0.05) is 23.7 Å². The monoisotopic (exact) mass is 334 g/mol. The molecule has 0 aliphatic rings. The number of hydrogen-bond acceptors (Lipinski definition) is 2. The molecule has 0 atom stereocenters. The van der Waals surface area contributed by atoms with E-state index in [1.165, 1.54) is 12.1 Å². The predicted molar refractivity (Wildman–Crippen MR) is 87.0 cm³/mol. The van der Waals surface area contributed by atoms with Gasteiger partial charge in [-0.05, 0) is 42.8 Å². The normalized spacial score (nSPS) is 10.2. The highest BCUT2D eigenvalue weighted by Crippen LogP contribution is 2.14. The van der Waals surface area contributed by atoms with Crippen molar-refractivity contribution in [3.63, 3.8) is 0 Å². The summed E-state index contributed by atoms with van der Waals surface area (Å²) in [6, 6.07) is 10.8. The number of carbonyl (C=O) groups excluding carboxylic acids is 2. The summed E-state index contributed by atoms with van der Waals surface area (Å²) in [5.74, 6) is -1.39. The van der Waals surface area contributed by atoms with Crippen molar-refractivity contribution >= 4 is 23.4 Å². The van der Waals surface area contributed by atoms with E-state index in [0.29, 0.717) is 12.1 Å². The van der Waals surface area contributed by atoms with Gasteiger partial charge in [-0.2, -0.15) is 0 Å². The Morgan fingerprint density at radius 3 is 2.57 bits per heavy atom. The second-order valence-corrected chi connectivity index (χ2v) is 5.30. The number of hydrogen-bond donors (Lipinski definition) is 2. The van der Waals surface area contributed by atoms with E-state index >= 15 is 0 Å². The van der Waals surface area contributed by atoms with Gasteiger partial charge in [-0.1, -0.05) is 23.7 Å². The first-order chi connectivity index (χ1) is 11.0. The lowest BCUT2D eigenvalue weighted by Gasteiger charge is -2.08. The fourth-order valence-electron chi connectivity index (χ4n) is 2.04. The molecule has 23 heavy (non-hydrogen) atoms. The highest BCUT2D eigenvalue weighted by atomic mass is 35.5. The van der Waals surface area contributed by atoms with Crippen molar-refractivity contribution in [2.75, 3.05) is 6.54 Å². The van der Waals surface area contributed by atoms with Gasteiger partial charge in [0.2, 0.25) is 0 Å². The largest absolute Gasteiger partial charge is 0.352 e. The van der Waals surface area contributed by atoms with Crippen molar-refractivity contribution in [3.8, 4) is 0 Å². The molecule has 4 nitrogen and oxygen atoms in total. The first kappa shape index (κ1) is 17.0. The molecular weight excluding hydrogens is 319 g/mol. The molecule has 0 heterocycles. The molecule has 0 saturated carbocycles. The second kappa shape index (κ2) is 7.74. The zero-order valence-electron chi connectivity index (χ0n) is 12.5. The average Bonchev–Trinajstić information content (AvgIpc) is 2.53. The Morgan fingerprint density at radius 2 is 1.87 bits per heavy atom. The molecule has 0 aliphatic carbocycles. The molecule has 0 unspecified atom stereocenters. The summed E-state index contributed by atoms with van der Waals surface area (Å²) >= 11 is 5.66. The van der Waals surface area contributed by atoms with Gasteiger partial charge in [0.25, 0.3) is 11.8 Å². The molecule has 0 spiro atoms. The predicted octanol–water partition coefficient (Wildman–Crippen LogP) is 3.16. The van der Waals surface area contributed by atoms with Gasteiger partial charge < -0.3 is 10.6 Å². The lowest BCUT2D eigenvalue weighted by Crippen LogP contribution is -2.25. The van der Waals surface area contributed by atoms with Gasteiger partial charge in [-0.3, -0.25) is 9.59 Å². The van der Waals surface area contributed by atoms with Crippen molar-refractivity contribution in [1.82, 2.24) is 10.6 Å². The van der Waals surface area contributed by atoms with Crippen LogP contribution >= 0.6 is 11.6 Å². The fourth-order valence-corrected chi connectivity index (χ4v) is 2.20. The van der Waals surface area contributed by atoms with Gasteiger partial charge in [-0.15, -0.1) is 0 Å². The van der Waals surface area contributed by atoms with Crippen LogP contribution in [0.25, 0.3) is 0 Å². The van der Waals surface area contributed by atoms with E-state index in [4.69, 9.17) is 11.6 Å². The third-order valence-corrected chi connectivity index (χ3v) is 3.39. The van der Waals surface area contributed by atoms with E-state index in [9.17, 15) is 14.0 Å². The first-order valence-corrected chi connectivity index (χ1v) is 7.49. The Labute approximate surface area is 138 Å². The van der Waals surface area contributed by atoms with E-state index in [0.717, 1.165) is 11.6 Å². The summed E-state index contributed by atoms with van der Waals surface area (Å²) in [5, 5.41) is 5.55. The van der Waals surface area contributed by atoms with Crippen molar-refractivity contribution < 1.29 is 14.0 Å². The minimum Gasteiger partial charge on any atom is -0.352 e. The minimum atomic E-state index is -0.675. The molecule has 6 heteroatoms. The molecule has 2 rings (SSSR count). The number of nitrogens with one attached hydrogen (secondary N) is 2. The zero-order chi connectivity index (χ0) is 16.8. The second-order valence-electron chi connectivity index (χ2n) is 4.87. The van der Waals surface area contributed by atoms with Crippen LogP contribution in [-0.4, -0.2) is 18.4 Å². The molecule has 2 amide bonds. The van der Waals surface area contributed by atoms with E-state index in [1.807, 2.05) is 6.92 Å². The molecule has 0 bridgehead atoms. The topological polar surface area (TPSA) is 58.2 Å². The van der Waals surface area contributed by atoms with Crippen molar-refractivity contribution in [3.05, 3.63) is 70.0 Å². The van der Waals surface area contributed by atoms with E-state index in [-0.39, 0.29) is 23.0 Å². The van der Waals surface area contributed by atoms with Crippen LogP contribution in [-0.2, 0) is 6.54 Å². The van der Waals surface area contributed by atoms with Crippen LogP contribution < -0.4 is 10.6 Å². The molecule has 2 N–H and O–H groups in total. The molecule has 2 aromatic rings. The van der Waals surface area contributed by atoms with Gasteiger partial charge in [0.1, 0.15) is 5.82 Å². The molecule has 2 aromatic carbocycles. The third-order valence-electron chi connectivity index (χ3n) is 3.16. The lowest BCUT2D eigenvalue weighted by atomic mass is 10.1. The summed E-state index contributed by atoms with van der Waals surface area (Å²) < 4.78 is 13.7. The van der Waals surface area contributed by atoms with Crippen LogP contribution in [0.2, 0.25) is 5.02 Å². The average molecular weight is 335 g/mol. The third kappa shape index (κ3) is 4.53. The number of carbonyl (C=O) groups is 2. The summed E-state index contributed by atoms with van der Waals surface area (Å²) in [4.78, 5) is 23.8. The lowest BCUT2D eigenvalue weighted by molar-refractivity contribution is 0.0944. The summed E-state index contributed by atoms with van der Waals surface area (Å²) in [6.45, 7) is 2.56. The van der Waals surface area contributed by atoms with Gasteiger partial charge >= 0.3 is 0 Å². The number of amides is 2. The van der Waals surface area contributed by atoms with E-state index in [1.54, 1.807) is 24.3 Å². The summed E-state index contributed by atoms with van der Waals surface area (Å²) in [5.41, 5.74) is 1.18.